The lowest BCUT2D eigenvalue weighted by atomic mass is 9.83. The number of aliphatic hydroxyl groups is 1. The molecule has 3 nitrogen and oxygen atoms in total. The standard InChI is InChI=1S/C16H28O3/c17-13-4-6-14(7-5-13)18-12-15-8-11-16(19-15)9-2-1-3-10-16/h13-15,17H,1-12H2. The summed E-state index contributed by atoms with van der Waals surface area (Å²) in [5.41, 5.74) is 0.217. The zero-order valence-electron chi connectivity index (χ0n) is 12.0. The minimum absolute atomic E-state index is 0.0897. The molecular formula is C16H28O3. The van der Waals surface area contributed by atoms with Crippen LogP contribution in [0.15, 0.2) is 0 Å². The van der Waals surface area contributed by atoms with Gasteiger partial charge in [0.05, 0.1) is 30.5 Å². The van der Waals surface area contributed by atoms with Crippen LogP contribution in [0.5, 0.6) is 0 Å². The molecule has 1 saturated heterocycles. The summed E-state index contributed by atoms with van der Waals surface area (Å²) in [6, 6.07) is 0. The van der Waals surface area contributed by atoms with Crippen molar-refractivity contribution < 1.29 is 14.6 Å². The molecule has 0 aromatic heterocycles. The third-order valence-corrected chi connectivity index (χ3v) is 5.26. The molecule has 3 rings (SSSR count). The number of ether oxygens (including phenoxy) is 2. The Kier molecular flexibility index (Phi) is 4.45. The third kappa shape index (κ3) is 3.50. The fraction of sp³-hybridized carbons (Fsp3) is 1.00. The van der Waals surface area contributed by atoms with Gasteiger partial charge in [-0.3, -0.25) is 0 Å². The van der Waals surface area contributed by atoms with Gasteiger partial charge in [-0.05, 0) is 51.4 Å². The fourth-order valence-electron chi connectivity index (χ4n) is 4.03. The monoisotopic (exact) mass is 268 g/mol. The molecule has 1 heterocycles. The second-order valence-electron chi connectivity index (χ2n) is 6.79. The van der Waals surface area contributed by atoms with Gasteiger partial charge >= 0.3 is 0 Å². The molecule has 19 heavy (non-hydrogen) atoms. The Hall–Kier alpha value is -0.120. The summed E-state index contributed by atoms with van der Waals surface area (Å²) in [6.45, 7) is 0.766. The second-order valence-corrected chi connectivity index (χ2v) is 6.79. The molecule has 0 aromatic rings. The Morgan fingerprint density at radius 2 is 1.68 bits per heavy atom. The average molecular weight is 268 g/mol. The normalized spacial score (nSPS) is 38.7. The second kappa shape index (κ2) is 6.11. The van der Waals surface area contributed by atoms with Crippen molar-refractivity contribution in [3.05, 3.63) is 0 Å². The number of hydrogen-bond acceptors (Lipinski definition) is 3. The fourth-order valence-corrected chi connectivity index (χ4v) is 4.03. The summed E-state index contributed by atoms with van der Waals surface area (Å²) < 4.78 is 12.3. The van der Waals surface area contributed by atoms with Crippen LogP contribution in [0.1, 0.15) is 70.6 Å². The summed E-state index contributed by atoms with van der Waals surface area (Å²) in [5.74, 6) is 0. The molecule has 3 heteroatoms. The van der Waals surface area contributed by atoms with E-state index >= 15 is 0 Å². The Morgan fingerprint density at radius 1 is 0.947 bits per heavy atom. The van der Waals surface area contributed by atoms with E-state index in [0.29, 0.717) is 12.2 Å². The SMILES string of the molecule is OC1CCC(OCC2CCC3(CCCCC3)O2)CC1. The van der Waals surface area contributed by atoms with E-state index in [1.54, 1.807) is 0 Å². The molecule has 3 aliphatic rings. The van der Waals surface area contributed by atoms with Gasteiger partial charge in [-0.2, -0.15) is 0 Å². The number of hydrogen-bond donors (Lipinski definition) is 1. The molecule has 1 spiro atoms. The number of rotatable bonds is 3. The first kappa shape index (κ1) is 13.8. The summed E-state index contributed by atoms with van der Waals surface area (Å²) in [4.78, 5) is 0. The van der Waals surface area contributed by atoms with Gasteiger partial charge in [0.25, 0.3) is 0 Å². The van der Waals surface area contributed by atoms with Gasteiger partial charge in [-0.1, -0.05) is 19.3 Å². The van der Waals surface area contributed by atoms with Gasteiger partial charge in [0.1, 0.15) is 0 Å². The summed E-state index contributed by atoms with van der Waals surface area (Å²) in [5, 5.41) is 9.49. The molecule has 3 fully saturated rings. The Balaban J connectivity index is 1.39. The summed E-state index contributed by atoms with van der Waals surface area (Å²) >= 11 is 0. The molecular weight excluding hydrogens is 240 g/mol. The highest BCUT2D eigenvalue weighted by molar-refractivity contribution is 4.91. The molecule has 1 aliphatic heterocycles. The molecule has 0 amide bonds. The van der Waals surface area contributed by atoms with Gasteiger partial charge in [0.2, 0.25) is 0 Å². The van der Waals surface area contributed by atoms with Crippen molar-refractivity contribution >= 4 is 0 Å². The predicted octanol–water partition coefficient (Wildman–Crippen LogP) is 3.19. The zero-order chi connectivity index (χ0) is 13.1. The first-order valence-corrected chi connectivity index (χ1v) is 8.23. The smallest absolute Gasteiger partial charge is 0.0817 e. The lowest BCUT2D eigenvalue weighted by Gasteiger charge is -2.33. The van der Waals surface area contributed by atoms with Crippen molar-refractivity contribution in [1.82, 2.24) is 0 Å². The van der Waals surface area contributed by atoms with Crippen molar-refractivity contribution in [3.63, 3.8) is 0 Å². The average Bonchev–Trinajstić information content (AvgIpc) is 2.82. The maximum Gasteiger partial charge on any atom is 0.0817 e. The van der Waals surface area contributed by atoms with Crippen LogP contribution in [-0.4, -0.2) is 35.6 Å². The van der Waals surface area contributed by atoms with E-state index in [2.05, 4.69) is 0 Å². The van der Waals surface area contributed by atoms with Crippen molar-refractivity contribution in [3.8, 4) is 0 Å². The van der Waals surface area contributed by atoms with E-state index in [1.807, 2.05) is 0 Å². The molecule has 0 radical (unpaired) electrons. The van der Waals surface area contributed by atoms with Crippen molar-refractivity contribution in [1.29, 1.82) is 0 Å². The van der Waals surface area contributed by atoms with Gasteiger partial charge in [0.15, 0.2) is 0 Å². The maximum absolute atomic E-state index is 9.49. The molecule has 1 atom stereocenters. The molecule has 110 valence electrons. The van der Waals surface area contributed by atoms with Crippen LogP contribution in [0.4, 0.5) is 0 Å². The highest BCUT2D eigenvalue weighted by atomic mass is 16.6. The predicted molar refractivity (Wildman–Crippen MR) is 74.1 cm³/mol. The van der Waals surface area contributed by atoms with E-state index < -0.39 is 0 Å². The van der Waals surface area contributed by atoms with Crippen LogP contribution in [-0.2, 0) is 9.47 Å². The van der Waals surface area contributed by atoms with Gasteiger partial charge in [-0.15, -0.1) is 0 Å². The van der Waals surface area contributed by atoms with Crippen LogP contribution >= 0.6 is 0 Å². The molecule has 1 N–H and O–H groups in total. The molecule has 1 unspecified atom stereocenters. The van der Waals surface area contributed by atoms with Crippen LogP contribution in [0, 0.1) is 0 Å². The first-order valence-electron chi connectivity index (χ1n) is 8.23. The summed E-state index contributed by atoms with van der Waals surface area (Å²) in [6.07, 6.45) is 13.4. The van der Waals surface area contributed by atoms with Crippen molar-refractivity contribution in [2.75, 3.05) is 6.61 Å². The van der Waals surface area contributed by atoms with Gasteiger partial charge in [-0.25, -0.2) is 0 Å². The largest absolute Gasteiger partial charge is 0.393 e. The first-order chi connectivity index (χ1) is 9.26. The van der Waals surface area contributed by atoms with E-state index in [9.17, 15) is 5.11 Å². The lowest BCUT2D eigenvalue weighted by molar-refractivity contribution is -0.105. The Morgan fingerprint density at radius 3 is 2.42 bits per heavy atom. The van der Waals surface area contributed by atoms with E-state index in [-0.39, 0.29) is 11.7 Å². The summed E-state index contributed by atoms with van der Waals surface area (Å²) in [7, 11) is 0. The van der Waals surface area contributed by atoms with Gasteiger partial charge in [0, 0.05) is 0 Å². The number of aliphatic hydroxyl groups excluding tert-OH is 1. The van der Waals surface area contributed by atoms with Crippen LogP contribution in [0.25, 0.3) is 0 Å². The van der Waals surface area contributed by atoms with Crippen molar-refractivity contribution in [2.45, 2.75) is 94.5 Å². The lowest BCUT2D eigenvalue weighted by Crippen LogP contribution is -2.33. The van der Waals surface area contributed by atoms with Crippen LogP contribution in [0.3, 0.4) is 0 Å². The minimum Gasteiger partial charge on any atom is -0.393 e. The highest BCUT2D eigenvalue weighted by Gasteiger charge is 2.40. The Bertz CT molecular complexity index is 278. The topological polar surface area (TPSA) is 38.7 Å². The third-order valence-electron chi connectivity index (χ3n) is 5.26. The van der Waals surface area contributed by atoms with E-state index in [0.717, 1.165) is 32.3 Å². The molecule has 0 aromatic carbocycles. The van der Waals surface area contributed by atoms with Crippen molar-refractivity contribution in [2.24, 2.45) is 0 Å². The highest BCUT2D eigenvalue weighted by Crippen LogP contribution is 2.42. The van der Waals surface area contributed by atoms with E-state index in [4.69, 9.17) is 9.47 Å². The quantitative estimate of drug-likeness (QED) is 0.854. The van der Waals surface area contributed by atoms with Crippen LogP contribution < -0.4 is 0 Å². The van der Waals surface area contributed by atoms with Crippen LogP contribution in [0.2, 0.25) is 0 Å². The van der Waals surface area contributed by atoms with E-state index in [1.165, 1.54) is 44.9 Å². The molecule has 2 aliphatic carbocycles. The van der Waals surface area contributed by atoms with Gasteiger partial charge < -0.3 is 14.6 Å². The minimum atomic E-state index is -0.0897. The molecule has 0 bridgehead atoms. The zero-order valence-corrected chi connectivity index (χ0v) is 12.0. The Labute approximate surface area is 116 Å². The molecule has 2 saturated carbocycles. The maximum atomic E-state index is 9.49.